The summed E-state index contributed by atoms with van der Waals surface area (Å²) in [5, 5.41) is 17.0. The smallest absolute Gasteiger partial charge is 0.269 e. The highest BCUT2D eigenvalue weighted by Crippen LogP contribution is 2.45. The van der Waals surface area contributed by atoms with Gasteiger partial charge in [-0.1, -0.05) is 42.5 Å². The van der Waals surface area contributed by atoms with E-state index in [0.29, 0.717) is 45.4 Å². The van der Waals surface area contributed by atoms with Gasteiger partial charge in [-0.05, 0) is 48.2 Å². The van der Waals surface area contributed by atoms with Crippen molar-refractivity contribution in [3.63, 3.8) is 0 Å². The van der Waals surface area contributed by atoms with Gasteiger partial charge in [-0.3, -0.25) is 0 Å². The highest BCUT2D eigenvalue weighted by molar-refractivity contribution is 6.09. The lowest BCUT2D eigenvalue weighted by Gasteiger charge is -2.11. The second-order valence-electron chi connectivity index (χ2n) is 8.32. The van der Waals surface area contributed by atoms with E-state index in [1.165, 1.54) is 0 Å². The molecule has 1 fully saturated rings. The fourth-order valence-corrected chi connectivity index (χ4v) is 4.56. The summed E-state index contributed by atoms with van der Waals surface area (Å²) in [5.74, 6) is 0.265. The van der Waals surface area contributed by atoms with Crippen molar-refractivity contribution in [2.45, 2.75) is 18.9 Å². The third kappa shape index (κ3) is 3.50. The zero-order valence-electron chi connectivity index (χ0n) is 18.2. The molecule has 7 nitrogen and oxygen atoms in total. The van der Waals surface area contributed by atoms with E-state index in [4.69, 9.17) is 18.3 Å². The quantitative estimate of drug-likeness (QED) is 0.270. The van der Waals surface area contributed by atoms with Gasteiger partial charge in [0.05, 0.1) is 17.6 Å². The maximum atomic E-state index is 12.6. The molecule has 7 heteroatoms. The molecule has 5 aromatic rings. The maximum Gasteiger partial charge on any atom is 0.269 e. The molecule has 1 saturated heterocycles. The zero-order chi connectivity index (χ0) is 23.1. The highest BCUT2D eigenvalue weighted by Gasteiger charge is 2.20. The van der Waals surface area contributed by atoms with Crippen molar-refractivity contribution in [3.05, 3.63) is 71.6 Å². The molecule has 3 heterocycles. The van der Waals surface area contributed by atoms with Gasteiger partial charge in [-0.2, -0.15) is 0 Å². The van der Waals surface area contributed by atoms with Gasteiger partial charge in [0.25, 0.3) is 5.88 Å². The molecule has 1 aliphatic rings. The summed E-state index contributed by atoms with van der Waals surface area (Å²) in [6.45, 7) is 1.29. The van der Waals surface area contributed by atoms with Crippen LogP contribution in [0.4, 0.5) is 5.88 Å². The van der Waals surface area contributed by atoms with Crippen LogP contribution in [0.15, 0.2) is 80.7 Å². The average molecular weight is 454 g/mol. The maximum absolute atomic E-state index is 12.6. The van der Waals surface area contributed by atoms with Crippen LogP contribution in [0.25, 0.3) is 44.2 Å². The van der Waals surface area contributed by atoms with Gasteiger partial charge in [0, 0.05) is 33.7 Å². The molecule has 34 heavy (non-hydrogen) atoms. The molecule has 0 N–H and O–H groups in total. The molecule has 0 radical (unpaired) electrons. The monoisotopic (exact) mass is 454 g/mol. The topological polar surface area (TPSA) is 97.2 Å². The van der Waals surface area contributed by atoms with E-state index in [2.05, 4.69) is 5.18 Å². The third-order valence-corrected chi connectivity index (χ3v) is 6.20. The Kier molecular flexibility index (Phi) is 5.04. The molecule has 1 aliphatic heterocycles. The normalized spacial score (nSPS) is 15.8. The zero-order valence-corrected chi connectivity index (χ0v) is 18.2. The number of ether oxygens (including phenoxy) is 2. The second-order valence-corrected chi connectivity index (χ2v) is 8.32. The summed E-state index contributed by atoms with van der Waals surface area (Å²) >= 11 is 0. The molecule has 0 spiro atoms. The number of nitroso groups, excluding NO2 is 1. The Morgan fingerprint density at radius 2 is 1.62 bits per heavy atom. The van der Waals surface area contributed by atoms with Crippen molar-refractivity contribution in [1.29, 1.82) is 0 Å². The summed E-state index contributed by atoms with van der Waals surface area (Å²) in [7, 11) is 0. The van der Waals surface area contributed by atoms with E-state index in [1.54, 1.807) is 12.1 Å². The Hall–Kier alpha value is -4.10. The predicted octanol–water partition coefficient (Wildman–Crippen LogP) is 6.54. The molecule has 6 rings (SSSR count). The van der Waals surface area contributed by atoms with Gasteiger partial charge < -0.3 is 23.4 Å². The second kappa shape index (κ2) is 8.35. The number of fused-ring (bicyclic) bond motifs is 2. The van der Waals surface area contributed by atoms with Crippen LogP contribution in [0.5, 0.6) is 11.7 Å². The molecule has 3 aromatic carbocycles. The molecule has 170 valence electrons. The van der Waals surface area contributed by atoms with Crippen molar-refractivity contribution in [1.82, 2.24) is 0 Å². The molecule has 0 aliphatic carbocycles. The number of furan rings is 2. The number of hydrogen-bond donors (Lipinski definition) is 0. The molecular weight excluding hydrogens is 434 g/mol. The number of rotatable bonds is 6. The lowest BCUT2D eigenvalue weighted by molar-refractivity contribution is -0.291. The first-order chi connectivity index (χ1) is 16.7. The Morgan fingerprint density at radius 3 is 2.32 bits per heavy atom. The van der Waals surface area contributed by atoms with Gasteiger partial charge >= 0.3 is 0 Å². The van der Waals surface area contributed by atoms with E-state index in [0.717, 1.165) is 30.6 Å². The van der Waals surface area contributed by atoms with Crippen molar-refractivity contribution >= 4 is 27.8 Å². The van der Waals surface area contributed by atoms with E-state index < -0.39 is 5.95 Å². The first-order valence-electron chi connectivity index (χ1n) is 11.1. The fourth-order valence-electron chi connectivity index (χ4n) is 4.56. The minimum absolute atomic E-state index is 0.0284. The van der Waals surface area contributed by atoms with Gasteiger partial charge in [-0.25, -0.2) is 0 Å². The predicted molar refractivity (Wildman–Crippen MR) is 126 cm³/mol. The number of benzene rings is 3. The van der Waals surface area contributed by atoms with E-state index in [1.807, 2.05) is 54.6 Å². The minimum atomic E-state index is -0.420. The van der Waals surface area contributed by atoms with Crippen LogP contribution in [0.1, 0.15) is 12.8 Å². The molecule has 1 atom stereocenters. The van der Waals surface area contributed by atoms with Gasteiger partial charge in [0.1, 0.15) is 17.9 Å². The van der Waals surface area contributed by atoms with E-state index in [-0.39, 0.29) is 12.0 Å². The van der Waals surface area contributed by atoms with Crippen molar-refractivity contribution in [2.75, 3.05) is 13.2 Å². The highest BCUT2D eigenvalue weighted by atomic mass is 16.5. The number of nitrogens with zero attached hydrogens (tertiary/aromatic N) is 1. The molecule has 0 amide bonds. The lowest BCUT2D eigenvalue weighted by Crippen LogP contribution is -2.16. The van der Waals surface area contributed by atoms with Crippen molar-refractivity contribution in [2.24, 2.45) is 5.18 Å². The Balaban J connectivity index is 1.40. The SMILES string of the molecule is O=Nc1oc2cc3c(-c4ccccc4)c([O-])oc3cc2c1-c1ccc(OCC2CCCO2)cc1. The Labute approximate surface area is 194 Å². The average Bonchev–Trinajstić information content (AvgIpc) is 3.58. The van der Waals surface area contributed by atoms with E-state index in [9.17, 15) is 10.0 Å². The van der Waals surface area contributed by atoms with Crippen LogP contribution in [0.3, 0.4) is 0 Å². The molecule has 0 saturated carbocycles. The Morgan fingerprint density at radius 1 is 0.912 bits per heavy atom. The van der Waals surface area contributed by atoms with Gasteiger partial charge in [0.15, 0.2) is 0 Å². The fraction of sp³-hybridized carbons (Fsp3) is 0.185. The van der Waals surface area contributed by atoms with Gasteiger partial charge in [-0.15, -0.1) is 4.91 Å². The first kappa shape index (κ1) is 20.5. The summed E-state index contributed by atoms with van der Waals surface area (Å²) in [6.07, 6.45) is 2.20. The Bertz CT molecular complexity index is 1480. The first-order valence-corrected chi connectivity index (χ1v) is 11.1. The van der Waals surface area contributed by atoms with Crippen molar-refractivity contribution < 1.29 is 23.4 Å². The lowest BCUT2D eigenvalue weighted by atomic mass is 10.0. The molecular formula is C27H20NO6-. The van der Waals surface area contributed by atoms with Crippen LogP contribution >= 0.6 is 0 Å². The molecule has 0 bridgehead atoms. The van der Waals surface area contributed by atoms with Crippen LogP contribution in [0.2, 0.25) is 0 Å². The third-order valence-electron chi connectivity index (χ3n) is 6.20. The van der Waals surface area contributed by atoms with Gasteiger partial charge in [0.2, 0.25) is 0 Å². The van der Waals surface area contributed by atoms with E-state index >= 15 is 0 Å². The number of hydrogen-bond acceptors (Lipinski definition) is 7. The van der Waals surface area contributed by atoms with Crippen LogP contribution in [-0.4, -0.2) is 19.3 Å². The van der Waals surface area contributed by atoms with Crippen LogP contribution < -0.4 is 9.84 Å². The standard InChI is InChI=1S/C27H21NO6/c29-27-25(16-5-2-1-3-6-16)21-14-22-20(13-23(21)34-27)24(26(28-30)33-22)17-8-10-18(11-9-17)32-15-19-7-4-12-31-19/h1-3,5-6,8-11,13-14,19,29H,4,7,12,15H2/p-1. The van der Waals surface area contributed by atoms with Crippen LogP contribution in [-0.2, 0) is 4.74 Å². The van der Waals surface area contributed by atoms with Crippen molar-refractivity contribution in [3.8, 4) is 33.9 Å². The summed E-state index contributed by atoms with van der Waals surface area (Å²) in [6, 6.07) is 20.2. The summed E-state index contributed by atoms with van der Waals surface area (Å²) in [5.41, 5.74) is 3.38. The van der Waals surface area contributed by atoms with Crippen LogP contribution in [0, 0.1) is 4.91 Å². The summed E-state index contributed by atoms with van der Waals surface area (Å²) < 4.78 is 22.8. The molecule has 2 aromatic heterocycles. The summed E-state index contributed by atoms with van der Waals surface area (Å²) in [4.78, 5) is 11.6. The minimum Gasteiger partial charge on any atom is -0.578 e. The molecule has 1 unspecified atom stereocenters. The largest absolute Gasteiger partial charge is 0.578 e.